The maximum atomic E-state index is 12.2. The quantitative estimate of drug-likeness (QED) is 0.629. The SMILES string of the molecule is CN(CC1CCC1)C(=O)c1ccc(Cl)c([N+](=O)[O-])c1. The Balaban J connectivity index is 2.13. The number of carbonyl (C=O) groups is 1. The number of nitro groups is 1. The molecule has 6 heteroatoms. The fourth-order valence-electron chi connectivity index (χ4n) is 2.15. The highest BCUT2D eigenvalue weighted by Gasteiger charge is 2.23. The molecule has 0 aromatic heterocycles. The van der Waals surface area contributed by atoms with Crippen molar-refractivity contribution in [3.63, 3.8) is 0 Å². The average molecular weight is 283 g/mol. The Labute approximate surface area is 116 Å². The normalized spacial score (nSPS) is 14.8. The number of hydrogen-bond acceptors (Lipinski definition) is 3. The first kappa shape index (κ1) is 13.8. The van der Waals surface area contributed by atoms with Gasteiger partial charge in [-0.25, -0.2) is 0 Å². The summed E-state index contributed by atoms with van der Waals surface area (Å²) in [6.07, 6.45) is 3.52. The van der Waals surface area contributed by atoms with E-state index in [0.29, 0.717) is 18.0 Å². The zero-order valence-corrected chi connectivity index (χ0v) is 11.4. The molecule has 0 saturated heterocycles. The molecular weight excluding hydrogens is 268 g/mol. The van der Waals surface area contributed by atoms with Gasteiger partial charge in [0, 0.05) is 25.2 Å². The van der Waals surface area contributed by atoms with Gasteiger partial charge in [-0.2, -0.15) is 0 Å². The van der Waals surface area contributed by atoms with Gasteiger partial charge in [0.05, 0.1) is 4.92 Å². The van der Waals surface area contributed by atoms with Gasteiger partial charge in [-0.15, -0.1) is 0 Å². The molecule has 2 rings (SSSR count). The lowest BCUT2D eigenvalue weighted by molar-refractivity contribution is -0.384. The number of carbonyl (C=O) groups excluding carboxylic acids is 1. The summed E-state index contributed by atoms with van der Waals surface area (Å²) in [4.78, 5) is 24.0. The van der Waals surface area contributed by atoms with Gasteiger partial charge in [0.25, 0.3) is 11.6 Å². The average Bonchev–Trinajstić information content (AvgIpc) is 2.33. The number of hydrogen-bond donors (Lipinski definition) is 0. The van der Waals surface area contributed by atoms with Crippen molar-refractivity contribution in [3.8, 4) is 0 Å². The first-order chi connectivity index (χ1) is 8.99. The van der Waals surface area contributed by atoms with E-state index in [-0.39, 0.29) is 16.6 Å². The van der Waals surface area contributed by atoms with Crippen LogP contribution in [-0.4, -0.2) is 29.3 Å². The maximum Gasteiger partial charge on any atom is 0.288 e. The van der Waals surface area contributed by atoms with Crippen molar-refractivity contribution in [1.29, 1.82) is 0 Å². The number of benzene rings is 1. The third-order valence-electron chi connectivity index (χ3n) is 3.49. The Bertz CT molecular complexity index is 515. The van der Waals surface area contributed by atoms with Crippen LogP contribution in [0.4, 0.5) is 5.69 Å². The van der Waals surface area contributed by atoms with Crippen LogP contribution in [0.3, 0.4) is 0 Å². The van der Waals surface area contributed by atoms with E-state index in [1.807, 2.05) is 0 Å². The van der Waals surface area contributed by atoms with Crippen molar-refractivity contribution >= 4 is 23.2 Å². The Hall–Kier alpha value is -1.62. The Morgan fingerprint density at radius 1 is 1.53 bits per heavy atom. The maximum absolute atomic E-state index is 12.2. The van der Waals surface area contributed by atoms with Crippen LogP contribution in [0, 0.1) is 16.0 Å². The van der Waals surface area contributed by atoms with Crippen LogP contribution in [0.1, 0.15) is 29.6 Å². The van der Waals surface area contributed by atoms with Crippen LogP contribution in [-0.2, 0) is 0 Å². The van der Waals surface area contributed by atoms with E-state index in [1.165, 1.54) is 24.6 Å². The molecule has 102 valence electrons. The van der Waals surface area contributed by atoms with Crippen molar-refractivity contribution in [2.75, 3.05) is 13.6 Å². The summed E-state index contributed by atoms with van der Waals surface area (Å²) in [6, 6.07) is 4.15. The minimum Gasteiger partial charge on any atom is -0.341 e. The van der Waals surface area contributed by atoms with Crippen LogP contribution in [0.25, 0.3) is 0 Å². The second-order valence-corrected chi connectivity index (χ2v) is 5.31. The van der Waals surface area contributed by atoms with E-state index in [2.05, 4.69) is 0 Å². The van der Waals surface area contributed by atoms with E-state index in [1.54, 1.807) is 11.9 Å². The number of nitrogens with zero attached hydrogens (tertiary/aromatic N) is 2. The van der Waals surface area contributed by atoms with Crippen LogP contribution in [0.15, 0.2) is 18.2 Å². The van der Waals surface area contributed by atoms with E-state index in [0.717, 1.165) is 12.8 Å². The monoisotopic (exact) mass is 282 g/mol. The highest BCUT2D eigenvalue weighted by atomic mass is 35.5. The molecule has 1 saturated carbocycles. The van der Waals surface area contributed by atoms with E-state index < -0.39 is 4.92 Å². The van der Waals surface area contributed by atoms with Crippen LogP contribution < -0.4 is 0 Å². The van der Waals surface area contributed by atoms with E-state index in [9.17, 15) is 14.9 Å². The first-order valence-corrected chi connectivity index (χ1v) is 6.56. The van der Waals surface area contributed by atoms with Gasteiger partial charge >= 0.3 is 0 Å². The second-order valence-electron chi connectivity index (χ2n) is 4.91. The molecular formula is C13H15ClN2O3. The Morgan fingerprint density at radius 3 is 2.74 bits per heavy atom. The summed E-state index contributed by atoms with van der Waals surface area (Å²) >= 11 is 5.72. The van der Waals surface area contributed by atoms with Crippen molar-refractivity contribution in [3.05, 3.63) is 38.9 Å². The molecule has 0 heterocycles. The lowest BCUT2D eigenvalue weighted by Gasteiger charge is -2.30. The molecule has 0 aliphatic heterocycles. The summed E-state index contributed by atoms with van der Waals surface area (Å²) in [5, 5.41) is 10.8. The van der Waals surface area contributed by atoms with Gasteiger partial charge in [0.15, 0.2) is 0 Å². The van der Waals surface area contributed by atoms with Crippen molar-refractivity contribution in [1.82, 2.24) is 4.90 Å². The number of halogens is 1. The molecule has 0 atom stereocenters. The van der Waals surface area contributed by atoms with Gasteiger partial charge < -0.3 is 4.90 Å². The van der Waals surface area contributed by atoms with Gasteiger partial charge in [-0.1, -0.05) is 18.0 Å². The standard InChI is InChI=1S/C13H15ClN2O3/c1-15(8-9-3-2-4-9)13(17)10-5-6-11(14)12(7-10)16(18)19/h5-7,9H,2-4,8H2,1H3. The molecule has 0 spiro atoms. The molecule has 1 aromatic carbocycles. The molecule has 0 N–H and O–H groups in total. The Morgan fingerprint density at radius 2 is 2.21 bits per heavy atom. The fourth-order valence-corrected chi connectivity index (χ4v) is 2.34. The topological polar surface area (TPSA) is 63.5 Å². The second kappa shape index (κ2) is 5.57. The van der Waals surface area contributed by atoms with E-state index >= 15 is 0 Å². The van der Waals surface area contributed by atoms with Crippen LogP contribution in [0.5, 0.6) is 0 Å². The smallest absolute Gasteiger partial charge is 0.288 e. The minimum atomic E-state index is -0.578. The van der Waals surface area contributed by atoms with E-state index in [4.69, 9.17) is 11.6 Å². The molecule has 0 radical (unpaired) electrons. The zero-order chi connectivity index (χ0) is 14.0. The fraction of sp³-hybridized carbons (Fsp3) is 0.462. The summed E-state index contributed by atoms with van der Waals surface area (Å²) in [5.74, 6) is 0.364. The predicted molar refractivity (Wildman–Crippen MR) is 72.4 cm³/mol. The molecule has 1 fully saturated rings. The number of nitro benzene ring substituents is 1. The van der Waals surface area contributed by atoms with Crippen molar-refractivity contribution in [2.24, 2.45) is 5.92 Å². The molecule has 1 aliphatic carbocycles. The summed E-state index contributed by atoms with van der Waals surface area (Å²) in [6.45, 7) is 0.704. The predicted octanol–water partition coefficient (Wildman–Crippen LogP) is 3.12. The van der Waals surface area contributed by atoms with Crippen LogP contribution in [0.2, 0.25) is 5.02 Å². The summed E-state index contributed by atoms with van der Waals surface area (Å²) < 4.78 is 0. The molecule has 19 heavy (non-hydrogen) atoms. The Kier molecular flexibility index (Phi) is 4.04. The van der Waals surface area contributed by atoms with Crippen LogP contribution >= 0.6 is 11.6 Å². The molecule has 1 aromatic rings. The van der Waals surface area contributed by atoms with Crippen molar-refractivity contribution in [2.45, 2.75) is 19.3 Å². The highest BCUT2D eigenvalue weighted by molar-refractivity contribution is 6.32. The summed E-state index contributed by atoms with van der Waals surface area (Å²) in [7, 11) is 1.72. The highest BCUT2D eigenvalue weighted by Crippen LogP contribution is 2.28. The first-order valence-electron chi connectivity index (χ1n) is 6.18. The zero-order valence-electron chi connectivity index (χ0n) is 10.6. The lowest BCUT2D eigenvalue weighted by Crippen LogP contribution is -2.34. The molecule has 1 amide bonds. The summed E-state index contributed by atoms with van der Waals surface area (Å²) in [5.41, 5.74) is 0.0717. The molecule has 5 nitrogen and oxygen atoms in total. The minimum absolute atomic E-state index is 0.0446. The molecule has 1 aliphatic rings. The third kappa shape index (κ3) is 3.04. The van der Waals surface area contributed by atoms with Gasteiger partial charge in [0.2, 0.25) is 0 Å². The van der Waals surface area contributed by atoms with Gasteiger partial charge in [-0.05, 0) is 30.9 Å². The number of rotatable bonds is 4. The largest absolute Gasteiger partial charge is 0.341 e. The van der Waals surface area contributed by atoms with Gasteiger partial charge in [-0.3, -0.25) is 14.9 Å². The third-order valence-corrected chi connectivity index (χ3v) is 3.81. The lowest BCUT2D eigenvalue weighted by atomic mass is 9.85. The molecule has 0 unspecified atom stereocenters. The van der Waals surface area contributed by atoms with Gasteiger partial charge in [0.1, 0.15) is 5.02 Å². The number of amides is 1. The molecule has 0 bridgehead atoms. The van der Waals surface area contributed by atoms with Crippen molar-refractivity contribution < 1.29 is 9.72 Å².